The van der Waals surface area contributed by atoms with Crippen molar-refractivity contribution in [2.75, 3.05) is 13.2 Å². The summed E-state index contributed by atoms with van der Waals surface area (Å²) >= 11 is 0. The van der Waals surface area contributed by atoms with Gasteiger partial charge in [0, 0.05) is 16.5 Å². The molecule has 0 saturated carbocycles. The van der Waals surface area contributed by atoms with Crippen molar-refractivity contribution in [3.63, 3.8) is 0 Å². The molecule has 4 heterocycles. The third-order valence-electron chi connectivity index (χ3n) is 8.43. The van der Waals surface area contributed by atoms with Crippen LogP contribution in [0.1, 0.15) is 84.1 Å². The molecule has 3 aromatic rings. The number of fused-ring (bicyclic) bond motifs is 5. The molecule has 0 unspecified atom stereocenters. The highest BCUT2D eigenvalue weighted by Crippen LogP contribution is 2.45. The number of hydrogen-bond acceptors (Lipinski definition) is 12. The van der Waals surface area contributed by atoms with Gasteiger partial charge in [-0.1, -0.05) is 49.3 Å². The second-order valence-corrected chi connectivity index (χ2v) is 17.2. The second kappa shape index (κ2) is 13.3. The first-order valence-corrected chi connectivity index (χ1v) is 18.2. The molecule has 0 spiro atoms. The zero-order valence-electron chi connectivity index (χ0n) is 28.6. The molecule has 0 radical (unpaired) electrons. The van der Waals surface area contributed by atoms with Crippen molar-refractivity contribution in [3.8, 4) is 17.1 Å². The number of cyclic esters (lactones) is 1. The number of aromatic hydroxyl groups is 1. The van der Waals surface area contributed by atoms with Gasteiger partial charge < -0.3 is 28.6 Å². The van der Waals surface area contributed by atoms with Crippen LogP contribution in [0.2, 0.25) is 0 Å². The lowest BCUT2D eigenvalue weighted by Gasteiger charge is -2.35. The van der Waals surface area contributed by atoms with E-state index in [-0.39, 0.29) is 67.1 Å². The number of rotatable bonds is 11. The maximum Gasteiger partial charge on any atom is 0.509 e. The number of pyridine rings is 2. The first kappa shape index (κ1) is 35.6. The fourth-order valence-electron chi connectivity index (χ4n) is 5.80. The summed E-state index contributed by atoms with van der Waals surface area (Å²) in [6, 6.07) is 6.69. The van der Waals surface area contributed by atoms with E-state index in [1.807, 2.05) is 34.6 Å². The molecule has 11 nitrogen and oxygen atoms in total. The van der Waals surface area contributed by atoms with Crippen LogP contribution in [0, 0.1) is 5.92 Å². The van der Waals surface area contributed by atoms with Crippen molar-refractivity contribution in [1.82, 2.24) is 9.55 Å². The molecule has 0 bridgehead atoms. The van der Waals surface area contributed by atoms with Gasteiger partial charge >= 0.3 is 18.1 Å². The second-order valence-electron chi connectivity index (χ2n) is 13.6. The number of phenols is 1. The Morgan fingerprint density at radius 1 is 1.04 bits per heavy atom. The Morgan fingerprint density at radius 2 is 1.71 bits per heavy atom. The SMILES string of the molecule is CCc1c2c(nc3ccc(O)cc13)-c1cc3c(c(=O)n1C2)COC(=O)[C@@]3(CC)OC(=O)OCC(C)(C)SSC(C)(C)COC(=O)C(C)C. The van der Waals surface area contributed by atoms with E-state index < -0.39 is 27.2 Å². The lowest BCUT2D eigenvalue weighted by molar-refractivity contribution is -0.175. The van der Waals surface area contributed by atoms with Crippen LogP contribution in [0.15, 0.2) is 29.1 Å². The number of carbonyl (C=O) groups excluding carboxylic acids is 3. The summed E-state index contributed by atoms with van der Waals surface area (Å²) in [5, 5.41) is 10.9. The molecule has 13 heteroatoms. The molecular formula is C35H42N2O9S2. The highest BCUT2D eigenvalue weighted by Gasteiger charge is 2.51. The summed E-state index contributed by atoms with van der Waals surface area (Å²) in [7, 11) is 2.99. The van der Waals surface area contributed by atoms with E-state index in [1.165, 1.54) is 21.6 Å². The van der Waals surface area contributed by atoms with E-state index in [2.05, 4.69) is 0 Å². The minimum Gasteiger partial charge on any atom is -0.508 e. The highest BCUT2D eigenvalue weighted by molar-refractivity contribution is 8.77. The average molecular weight is 699 g/mol. The van der Waals surface area contributed by atoms with Crippen molar-refractivity contribution in [3.05, 3.63) is 56.9 Å². The smallest absolute Gasteiger partial charge is 0.508 e. The Kier molecular flexibility index (Phi) is 9.86. The maximum absolute atomic E-state index is 13.9. The van der Waals surface area contributed by atoms with Crippen LogP contribution in [0.25, 0.3) is 22.3 Å². The predicted octanol–water partition coefficient (Wildman–Crippen LogP) is 6.65. The van der Waals surface area contributed by atoms with Gasteiger partial charge in [0.25, 0.3) is 5.56 Å². The van der Waals surface area contributed by atoms with Gasteiger partial charge in [-0.3, -0.25) is 9.59 Å². The minimum absolute atomic E-state index is 0.00556. The topological polar surface area (TPSA) is 143 Å². The van der Waals surface area contributed by atoms with E-state index in [9.17, 15) is 24.3 Å². The van der Waals surface area contributed by atoms with Crippen LogP contribution < -0.4 is 5.56 Å². The van der Waals surface area contributed by atoms with Crippen LogP contribution in [0.4, 0.5) is 4.79 Å². The van der Waals surface area contributed by atoms with Gasteiger partial charge in [0.2, 0.25) is 5.60 Å². The lowest BCUT2D eigenvalue weighted by Crippen LogP contribution is -2.47. The summed E-state index contributed by atoms with van der Waals surface area (Å²) in [4.78, 5) is 57.4. The molecular weight excluding hydrogens is 657 g/mol. The summed E-state index contributed by atoms with van der Waals surface area (Å²) in [6.45, 7) is 15.2. The number of benzene rings is 1. The molecule has 1 atom stereocenters. The first-order chi connectivity index (χ1) is 22.5. The maximum atomic E-state index is 13.9. The van der Waals surface area contributed by atoms with Crippen molar-refractivity contribution >= 4 is 50.6 Å². The van der Waals surface area contributed by atoms with Gasteiger partial charge in [0.15, 0.2) is 0 Å². The number of nitrogens with zero attached hydrogens (tertiary/aromatic N) is 2. The van der Waals surface area contributed by atoms with Crippen LogP contribution in [0.5, 0.6) is 5.75 Å². The van der Waals surface area contributed by atoms with Crippen LogP contribution in [-0.4, -0.2) is 55.5 Å². The lowest BCUT2D eigenvalue weighted by atomic mass is 9.85. The fourth-order valence-corrected chi connectivity index (χ4v) is 8.11. The third kappa shape index (κ3) is 6.76. The number of ether oxygens (including phenoxy) is 4. The Labute approximate surface area is 287 Å². The first-order valence-electron chi connectivity index (χ1n) is 16.0. The number of aryl methyl sites for hydroxylation is 1. The van der Waals surface area contributed by atoms with Gasteiger partial charge in [0.05, 0.1) is 44.4 Å². The molecule has 258 valence electrons. The minimum atomic E-state index is -1.90. The van der Waals surface area contributed by atoms with E-state index in [0.29, 0.717) is 23.3 Å². The number of aromatic nitrogens is 2. The third-order valence-corrected chi connectivity index (χ3v) is 12.6. The normalized spacial score (nSPS) is 17.1. The van der Waals surface area contributed by atoms with E-state index in [0.717, 1.165) is 16.5 Å². The summed E-state index contributed by atoms with van der Waals surface area (Å²) < 4.78 is 22.9. The number of esters is 2. The van der Waals surface area contributed by atoms with E-state index >= 15 is 0 Å². The zero-order valence-corrected chi connectivity index (χ0v) is 30.2. The van der Waals surface area contributed by atoms with Gasteiger partial charge in [-0.05, 0) is 70.4 Å². The van der Waals surface area contributed by atoms with E-state index in [1.54, 1.807) is 49.6 Å². The molecule has 0 amide bonds. The van der Waals surface area contributed by atoms with Crippen LogP contribution in [0.3, 0.4) is 0 Å². The van der Waals surface area contributed by atoms with Gasteiger partial charge in [-0.15, -0.1) is 0 Å². The van der Waals surface area contributed by atoms with Gasteiger partial charge in [0.1, 0.15) is 25.6 Å². The summed E-state index contributed by atoms with van der Waals surface area (Å²) in [5.41, 5.74) is 1.86. The van der Waals surface area contributed by atoms with Gasteiger partial charge in [-0.25, -0.2) is 14.6 Å². The van der Waals surface area contributed by atoms with Crippen molar-refractivity contribution < 1.29 is 38.4 Å². The molecule has 1 aromatic carbocycles. The Balaban J connectivity index is 1.38. The number of hydrogen-bond donors (Lipinski definition) is 1. The zero-order chi connectivity index (χ0) is 35.2. The Hall–Kier alpha value is -3.71. The summed E-state index contributed by atoms with van der Waals surface area (Å²) in [5.74, 6) is -1.13. The fraction of sp³-hybridized carbons (Fsp3) is 0.514. The van der Waals surface area contributed by atoms with Crippen LogP contribution in [-0.2, 0) is 53.7 Å². The highest BCUT2D eigenvalue weighted by atomic mass is 33.1. The van der Waals surface area contributed by atoms with Crippen LogP contribution >= 0.6 is 21.6 Å². The molecule has 0 saturated heterocycles. The standard InChI is InChI=1S/C35H42N2O9S2/c1-9-21-22-13-20(38)11-12-26(22)36-28-23(21)15-37-27(28)14-25-24(29(37)39)16-43-31(41)35(25,10-2)46-32(42)45-18-34(7,8)48-47-33(5,6)17-44-30(40)19(3)4/h11-14,19,38H,9-10,15-18H2,1-8H3/t35-/m0/s1. The number of carbonyl (C=O) groups is 3. The molecule has 0 aliphatic carbocycles. The molecule has 2 aromatic heterocycles. The summed E-state index contributed by atoms with van der Waals surface area (Å²) in [6.07, 6.45) is -0.409. The Morgan fingerprint density at radius 3 is 2.33 bits per heavy atom. The van der Waals surface area contributed by atoms with Gasteiger partial charge in [-0.2, -0.15) is 0 Å². The van der Waals surface area contributed by atoms with E-state index in [4.69, 9.17) is 23.9 Å². The molecule has 2 aliphatic rings. The molecule has 5 rings (SSSR count). The molecule has 1 N–H and O–H groups in total. The average Bonchev–Trinajstić information content (AvgIpc) is 3.40. The van der Waals surface area contributed by atoms with Crippen molar-refractivity contribution in [1.29, 1.82) is 0 Å². The predicted molar refractivity (Wildman–Crippen MR) is 185 cm³/mol. The largest absolute Gasteiger partial charge is 0.509 e. The van der Waals surface area contributed by atoms with Crippen molar-refractivity contribution in [2.24, 2.45) is 5.92 Å². The monoisotopic (exact) mass is 698 g/mol. The number of phenolic OH excluding ortho intramolecular Hbond substituents is 1. The molecule has 0 fully saturated rings. The molecule has 2 aliphatic heterocycles. The van der Waals surface area contributed by atoms with Crippen molar-refractivity contribution in [2.45, 2.75) is 96.5 Å². The Bertz CT molecular complexity index is 1850. The molecule has 48 heavy (non-hydrogen) atoms. The quantitative estimate of drug-likeness (QED) is 0.102.